The van der Waals surface area contributed by atoms with Crippen LogP contribution in [0.4, 0.5) is 8.78 Å². The minimum atomic E-state index is -2.46. The van der Waals surface area contributed by atoms with Gasteiger partial charge in [-0.3, -0.25) is 4.68 Å². The first-order valence-electron chi connectivity index (χ1n) is 4.17. The van der Waals surface area contributed by atoms with Gasteiger partial charge >= 0.3 is 0 Å². The summed E-state index contributed by atoms with van der Waals surface area (Å²) in [6, 6.07) is 0. The Morgan fingerprint density at radius 1 is 1.38 bits per heavy atom. The number of nitrogens with zero attached hydrogens (tertiary/aromatic N) is 2. The predicted octanol–water partition coefficient (Wildman–Crippen LogP) is 2.88. The van der Waals surface area contributed by atoms with Crippen molar-refractivity contribution in [3.8, 4) is 0 Å². The summed E-state index contributed by atoms with van der Waals surface area (Å²) in [4.78, 5) is 0. The first kappa shape index (κ1) is 10.2. The summed E-state index contributed by atoms with van der Waals surface area (Å²) in [5.41, 5.74) is 0.178. The van der Waals surface area contributed by atoms with Crippen LogP contribution in [0.2, 0.25) is 0 Å². The Hall–Kier alpha value is -0.930. The molecule has 4 heteroatoms. The molecular weight excluding hydrogens is 174 g/mol. The standard InChI is InChI=1S/C9H14F2N2/c1-6-5-12-13(9(2,3)4)7(6)8(10)11/h5,8H,1-4H3. The molecule has 0 atom stereocenters. The van der Waals surface area contributed by atoms with Gasteiger partial charge in [-0.1, -0.05) is 0 Å². The molecule has 1 aromatic heterocycles. The fourth-order valence-corrected chi connectivity index (χ4v) is 1.24. The van der Waals surface area contributed by atoms with Crippen molar-refractivity contribution < 1.29 is 8.78 Å². The molecule has 0 aliphatic heterocycles. The number of rotatable bonds is 1. The van der Waals surface area contributed by atoms with Crippen LogP contribution in [0.25, 0.3) is 0 Å². The largest absolute Gasteiger partial charge is 0.280 e. The van der Waals surface area contributed by atoms with Crippen LogP contribution in [0.15, 0.2) is 6.20 Å². The SMILES string of the molecule is Cc1cnn(C(C)(C)C)c1C(F)F. The van der Waals surface area contributed by atoms with Crippen LogP contribution >= 0.6 is 0 Å². The molecule has 0 aromatic carbocycles. The lowest BCUT2D eigenvalue weighted by atomic mass is 10.1. The van der Waals surface area contributed by atoms with E-state index in [0.29, 0.717) is 5.56 Å². The van der Waals surface area contributed by atoms with Crippen molar-refractivity contribution in [2.24, 2.45) is 0 Å². The molecule has 0 radical (unpaired) electrons. The summed E-state index contributed by atoms with van der Waals surface area (Å²) < 4.78 is 26.6. The summed E-state index contributed by atoms with van der Waals surface area (Å²) in [6.45, 7) is 7.21. The first-order chi connectivity index (χ1) is 5.84. The molecule has 0 spiro atoms. The number of hydrogen-bond acceptors (Lipinski definition) is 1. The third-order valence-electron chi connectivity index (χ3n) is 1.84. The molecule has 0 unspecified atom stereocenters. The second-order valence-corrected chi connectivity index (χ2v) is 4.10. The Balaban J connectivity index is 3.23. The summed E-state index contributed by atoms with van der Waals surface area (Å²) in [5.74, 6) is 0. The van der Waals surface area contributed by atoms with Crippen LogP contribution in [0.1, 0.15) is 38.5 Å². The van der Waals surface area contributed by atoms with Gasteiger partial charge in [-0.25, -0.2) is 8.78 Å². The average molecular weight is 188 g/mol. The highest BCUT2D eigenvalue weighted by Gasteiger charge is 2.24. The molecule has 1 aromatic rings. The molecule has 0 saturated carbocycles. The van der Waals surface area contributed by atoms with Gasteiger partial charge in [-0.05, 0) is 33.3 Å². The van der Waals surface area contributed by atoms with Crippen LogP contribution < -0.4 is 0 Å². The topological polar surface area (TPSA) is 17.8 Å². The summed E-state index contributed by atoms with van der Waals surface area (Å²) in [7, 11) is 0. The van der Waals surface area contributed by atoms with E-state index in [1.165, 1.54) is 10.9 Å². The highest BCUT2D eigenvalue weighted by molar-refractivity contribution is 5.18. The Labute approximate surface area is 76.6 Å². The number of aryl methyl sites for hydroxylation is 1. The monoisotopic (exact) mass is 188 g/mol. The van der Waals surface area contributed by atoms with Gasteiger partial charge in [0.2, 0.25) is 0 Å². The molecular formula is C9H14F2N2. The molecule has 0 amide bonds. The molecule has 0 aliphatic carbocycles. The second kappa shape index (κ2) is 3.09. The maximum Gasteiger partial charge on any atom is 0.280 e. The molecule has 0 aliphatic rings. The lowest BCUT2D eigenvalue weighted by Crippen LogP contribution is -2.25. The zero-order chi connectivity index (χ0) is 10.2. The van der Waals surface area contributed by atoms with Crippen LogP contribution in [-0.2, 0) is 5.54 Å². The highest BCUT2D eigenvalue weighted by atomic mass is 19.3. The highest BCUT2D eigenvalue weighted by Crippen LogP contribution is 2.27. The summed E-state index contributed by atoms with van der Waals surface area (Å²) in [5, 5.41) is 3.94. The van der Waals surface area contributed by atoms with E-state index in [4.69, 9.17) is 0 Å². The van der Waals surface area contributed by atoms with E-state index in [9.17, 15) is 8.78 Å². The fourth-order valence-electron chi connectivity index (χ4n) is 1.24. The predicted molar refractivity (Wildman–Crippen MR) is 46.9 cm³/mol. The molecule has 0 bridgehead atoms. The molecule has 0 N–H and O–H groups in total. The van der Waals surface area contributed by atoms with Crippen molar-refractivity contribution in [1.82, 2.24) is 9.78 Å². The zero-order valence-electron chi connectivity index (χ0n) is 8.31. The summed E-state index contributed by atoms with van der Waals surface area (Å²) >= 11 is 0. The van der Waals surface area contributed by atoms with Gasteiger partial charge in [-0.15, -0.1) is 0 Å². The number of alkyl halides is 2. The van der Waals surface area contributed by atoms with E-state index in [0.717, 1.165) is 0 Å². The molecule has 0 fully saturated rings. The molecule has 1 heterocycles. The molecule has 2 nitrogen and oxygen atoms in total. The van der Waals surface area contributed by atoms with Crippen molar-refractivity contribution in [3.63, 3.8) is 0 Å². The van der Waals surface area contributed by atoms with Gasteiger partial charge in [0.15, 0.2) is 0 Å². The van der Waals surface area contributed by atoms with E-state index in [-0.39, 0.29) is 11.2 Å². The lowest BCUT2D eigenvalue weighted by molar-refractivity contribution is 0.129. The smallest absolute Gasteiger partial charge is 0.258 e. The Morgan fingerprint density at radius 2 is 1.92 bits per heavy atom. The van der Waals surface area contributed by atoms with Crippen LogP contribution in [-0.4, -0.2) is 9.78 Å². The van der Waals surface area contributed by atoms with Gasteiger partial charge in [0.1, 0.15) is 5.69 Å². The van der Waals surface area contributed by atoms with Gasteiger partial charge in [0, 0.05) is 0 Å². The van der Waals surface area contributed by atoms with E-state index < -0.39 is 6.43 Å². The van der Waals surface area contributed by atoms with E-state index in [1.807, 2.05) is 20.8 Å². The number of hydrogen-bond donors (Lipinski definition) is 0. The maximum atomic E-state index is 12.6. The third kappa shape index (κ3) is 1.87. The minimum Gasteiger partial charge on any atom is -0.258 e. The second-order valence-electron chi connectivity index (χ2n) is 4.10. The van der Waals surface area contributed by atoms with E-state index in [2.05, 4.69) is 5.10 Å². The van der Waals surface area contributed by atoms with Gasteiger partial charge < -0.3 is 0 Å². The molecule has 0 saturated heterocycles. The average Bonchev–Trinajstić information content (AvgIpc) is 2.28. The van der Waals surface area contributed by atoms with E-state index in [1.54, 1.807) is 6.92 Å². The Kier molecular flexibility index (Phi) is 2.41. The number of aromatic nitrogens is 2. The van der Waals surface area contributed by atoms with Gasteiger partial charge in [-0.2, -0.15) is 5.10 Å². The van der Waals surface area contributed by atoms with Crippen molar-refractivity contribution >= 4 is 0 Å². The van der Waals surface area contributed by atoms with Crippen molar-refractivity contribution in [2.75, 3.05) is 0 Å². The van der Waals surface area contributed by atoms with Crippen molar-refractivity contribution in [3.05, 3.63) is 17.5 Å². The zero-order valence-corrected chi connectivity index (χ0v) is 8.31. The fraction of sp³-hybridized carbons (Fsp3) is 0.667. The van der Waals surface area contributed by atoms with Crippen LogP contribution in [0, 0.1) is 6.92 Å². The molecule has 13 heavy (non-hydrogen) atoms. The van der Waals surface area contributed by atoms with Crippen LogP contribution in [0.5, 0.6) is 0 Å². The first-order valence-corrected chi connectivity index (χ1v) is 4.17. The lowest BCUT2D eigenvalue weighted by Gasteiger charge is -2.22. The quantitative estimate of drug-likeness (QED) is 0.662. The number of halogens is 2. The normalized spacial score (nSPS) is 12.5. The van der Waals surface area contributed by atoms with Crippen molar-refractivity contribution in [1.29, 1.82) is 0 Å². The van der Waals surface area contributed by atoms with E-state index >= 15 is 0 Å². The third-order valence-corrected chi connectivity index (χ3v) is 1.84. The Morgan fingerprint density at radius 3 is 2.23 bits per heavy atom. The maximum absolute atomic E-state index is 12.6. The molecule has 74 valence electrons. The Bertz CT molecular complexity index is 297. The van der Waals surface area contributed by atoms with Gasteiger partial charge in [0.05, 0.1) is 11.7 Å². The summed E-state index contributed by atoms with van der Waals surface area (Å²) in [6.07, 6.45) is -0.978. The van der Waals surface area contributed by atoms with Crippen molar-refractivity contribution in [2.45, 2.75) is 39.7 Å². The minimum absolute atomic E-state index is 0.0208. The molecule has 1 rings (SSSR count). The van der Waals surface area contributed by atoms with Gasteiger partial charge in [0.25, 0.3) is 6.43 Å². The van der Waals surface area contributed by atoms with Crippen LogP contribution in [0.3, 0.4) is 0 Å².